The third-order valence-corrected chi connectivity index (χ3v) is 4.61. The molecular weight excluding hydrogens is 386 g/mol. The van der Waals surface area contributed by atoms with Gasteiger partial charge in [0, 0.05) is 27.7 Å². The number of ether oxygens (including phenoxy) is 3. The zero-order valence-corrected chi connectivity index (χ0v) is 15.8. The van der Waals surface area contributed by atoms with Crippen molar-refractivity contribution in [2.45, 2.75) is 20.0 Å². The van der Waals surface area contributed by atoms with Crippen LogP contribution in [0.15, 0.2) is 40.8 Å². The van der Waals surface area contributed by atoms with E-state index in [0.717, 1.165) is 5.39 Å². The predicted octanol–water partition coefficient (Wildman–Crippen LogP) is 4.31. The van der Waals surface area contributed by atoms with Crippen molar-refractivity contribution >= 4 is 40.1 Å². The number of nitrogens with one attached hydrogen (secondary N) is 1. The summed E-state index contributed by atoms with van der Waals surface area (Å²) in [5.74, 6) is -0.0147. The van der Waals surface area contributed by atoms with E-state index in [4.69, 9.17) is 30.2 Å². The Morgan fingerprint density at radius 1 is 1.14 bits per heavy atom. The monoisotopic (exact) mass is 401 g/mol. The molecule has 0 saturated carbocycles. The molecule has 0 fully saturated rings. The Morgan fingerprint density at radius 2 is 1.93 bits per heavy atom. The third-order valence-electron chi connectivity index (χ3n) is 4.38. The highest BCUT2D eigenvalue weighted by molar-refractivity contribution is 6.31. The predicted molar refractivity (Wildman–Crippen MR) is 102 cm³/mol. The average Bonchev–Trinajstić information content (AvgIpc) is 3.26. The molecule has 0 unspecified atom stereocenters. The van der Waals surface area contributed by atoms with Crippen molar-refractivity contribution in [3.63, 3.8) is 0 Å². The standard InChI is InChI=1S/C20H16ClNO6/c1-10-14-7-12(21)3-5-15(14)28-18(10)20(24)27-11(2)19(23)22-13-4-6-16-17(8-13)26-9-25-16/h3-8,11H,9H2,1-2H3,(H,22,23)/t11-/m1/s1. The summed E-state index contributed by atoms with van der Waals surface area (Å²) < 4.78 is 21.3. The van der Waals surface area contributed by atoms with Crippen LogP contribution in [0.25, 0.3) is 11.0 Å². The quantitative estimate of drug-likeness (QED) is 0.655. The van der Waals surface area contributed by atoms with Gasteiger partial charge in [-0.25, -0.2) is 4.79 Å². The van der Waals surface area contributed by atoms with E-state index in [1.165, 1.54) is 6.92 Å². The van der Waals surface area contributed by atoms with E-state index in [-0.39, 0.29) is 12.6 Å². The van der Waals surface area contributed by atoms with E-state index in [0.29, 0.717) is 33.4 Å². The number of furan rings is 1. The fourth-order valence-corrected chi connectivity index (χ4v) is 3.05. The molecule has 1 N–H and O–H groups in total. The highest BCUT2D eigenvalue weighted by atomic mass is 35.5. The van der Waals surface area contributed by atoms with Gasteiger partial charge in [-0.15, -0.1) is 0 Å². The minimum absolute atomic E-state index is 0.0417. The van der Waals surface area contributed by atoms with Crippen LogP contribution in [-0.2, 0) is 9.53 Å². The van der Waals surface area contributed by atoms with Gasteiger partial charge in [0.05, 0.1) is 0 Å². The van der Waals surface area contributed by atoms with Gasteiger partial charge in [-0.05, 0) is 44.2 Å². The molecule has 144 valence electrons. The van der Waals surface area contributed by atoms with Gasteiger partial charge in [-0.2, -0.15) is 0 Å². The Balaban J connectivity index is 1.45. The summed E-state index contributed by atoms with van der Waals surface area (Å²) in [5, 5.41) is 3.93. The Bertz CT molecular complexity index is 1090. The number of halogens is 1. The third kappa shape index (κ3) is 3.36. The normalized spacial score (nSPS) is 13.4. The van der Waals surface area contributed by atoms with Crippen LogP contribution in [0.5, 0.6) is 11.5 Å². The number of rotatable bonds is 4. The minimum Gasteiger partial charge on any atom is -0.454 e. The number of aryl methyl sites for hydroxylation is 1. The SMILES string of the molecule is Cc1c(C(=O)O[C@H](C)C(=O)Nc2ccc3c(c2)OCO3)oc2ccc(Cl)cc12. The van der Waals surface area contributed by atoms with Crippen molar-refractivity contribution in [3.8, 4) is 11.5 Å². The lowest BCUT2D eigenvalue weighted by atomic mass is 10.1. The fraction of sp³-hybridized carbons (Fsp3) is 0.200. The number of anilines is 1. The lowest BCUT2D eigenvalue weighted by Crippen LogP contribution is -2.30. The van der Waals surface area contributed by atoms with Gasteiger partial charge in [-0.1, -0.05) is 11.6 Å². The number of hydrogen-bond acceptors (Lipinski definition) is 6. The number of carbonyl (C=O) groups is 2. The van der Waals surface area contributed by atoms with E-state index in [2.05, 4.69) is 5.32 Å². The molecule has 7 nitrogen and oxygen atoms in total. The first-order valence-corrected chi connectivity index (χ1v) is 8.90. The van der Waals surface area contributed by atoms with Gasteiger partial charge < -0.3 is 23.9 Å². The Kier molecular flexibility index (Phi) is 4.60. The molecule has 2 aromatic carbocycles. The van der Waals surface area contributed by atoms with Crippen molar-refractivity contribution < 1.29 is 28.2 Å². The van der Waals surface area contributed by atoms with Crippen molar-refractivity contribution in [1.82, 2.24) is 0 Å². The molecule has 28 heavy (non-hydrogen) atoms. The summed E-state index contributed by atoms with van der Waals surface area (Å²) in [4.78, 5) is 24.8. The zero-order valence-electron chi connectivity index (χ0n) is 15.1. The highest BCUT2D eigenvalue weighted by Gasteiger charge is 2.25. The first kappa shape index (κ1) is 18.2. The summed E-state index contributed by atoms with van der Waals surface area (Å²) in [5.41, 5.74) is 1.63. The number of esters is 1. The second-order valence-electron chi connectivity index (χ2n) is 6.30. The van der Waals surface area contributed by atoms with Gasteiger partial charge in [0.15, 0.2) is 17.6 Å². The number of hydrogen-bond donors (Lipinski definition) is 1. The summed E-state index contributed by atoms with van der Waals surface area (Å²) in [6.45, 7) is 3.36. The molecule has 1 aliphatic rings. The number of carbonyl (C=O) groups excluding carboxylic acids is 2. The molecule has 8 heteroatoms. The van der Waals surface area contributed by atoms with Gasteiger partial charge in [0.2, 0.25) is 12.6 Å². The van der Waals surface area contributed by atoms with Crippen molar-refractivity contribution in [1.29, 1.82) is 0 Å². The van der Waals surface area contributed by atoms with Crippen LogP contribution in [0.1, 0.15) is 23.0 Å². The summed E-state index contributed by atoms with van der Waals surface area (Å²) in [6, 6.07) is 10.1. The van der Waals surface area contributed by atoms with Gasteiger partial charge in [0.1, 0.15) is 5.58 Å². The molecular formula is C20H16ClNO6. The first-order valence-electron chi connectivity index (χ1n) is 8.52. The van der Waals surface area contributed by atoms with Crippen molar-refractivity contribution in [2.24, 2.45) is 0 Å². The van der Waals surface area contributed by atoms with E-state index >= 15 is 0 Å². The van der Waals surface area contributed by atoms with Crippen LogP contribution < -0.4 is 14.8 Å². The molecule has 1 amide bonds. The zero-order chi connectivity index (χ0) is 19.8. The van der Waals surface area contributed by atoms with Crippen molar-refractivity contribution in [2.75, 3.05) is 12.1 Å². The molecule has 1 aliphatic heterocycles. The fourth-order valence-electron chi connectivity index (χ4n) is 2.87. The topological polar surface area (TPSA) is 87.0 Å². The van der Waals surface area contributed by atoms with Gasteiger partial charge in [0.25, 0.3) is 5.91 Å². The maximum atomic E-state index is 12.5. The lowest BCUT2D eigenvalue weighted by Gasteiger charge is -2.13. The smallest absolute Gasteiger partial charge is 0.375 e. The van der Waals surface area contributed by atoms with Crippen LogP contribution in [0.2, 0.25) is 5.02 Å². The van der Waals surface area contributed by atoms with E-state index in [1.807, 2.05) is 0 Å². The Hall–Kier alpha value is -3.19. The van der Waals surface area contributed by atoms with Crippen LogP contribution in [0.4, 0.5) is 5.69 Å². The summed E-state index contributed by atoms with van der Waals surface area (Å²) in [7, 11) is 0. The molecule has 2 heterocycles. The van der Waals surface area contributed by atoms with Crippen LogP contribution in [-0.4, -0.2) is 24.8 Å². The maximum Gasteiger partial charge on any atom is 0.375 e. The molecule has 0 spiro atoms. The molecule has 4 rings (SSSR count). The maximum absolute atomic E-state index is 12.5. The molecule has 3 aromatic rings. The average molecular weight is 402 g/mol. The molecule has 1 atom stereocenters. The second kappa shape index (κ2) is 7.09. The first-order chi connectivity index (χ1) is 13.4. The van der Waals surface area contributed by atoms with Crippen LogP contribution >= 0.6 is 11.6 Å². The number of benzene rings is 2. The second-order valence-corrected chi connectivity index (χ2v) is 6.74. The molecule has 0 radical (unpaired) electrons. The molecule has 1 aromatic heterocycles. The van der Waals surface area contributed by atoms with Gasteiger partial charge >= 0.3 is 5.97 Å². The number of fused-ring (bicyclic) bond motifs is 2. The number of amides is 1. The minimum atomic E-state index is -1.03. The highest BCUT2D eigenvalue weighted by Crippen LogP contribution is 2.34. The lowest BCUT2D eigenvalue weighted by molar-refractivity contribution is -0.123. The Labute approximate surface area is 165 Å². The van der Waals surface area contributed by atoms with E-state index < -0.39 is 18.0 Å². The van der Waals surface area contributed by atoms with Gasteiger partial charge in [-0.3, -0.25) is 4.79 Å². The van der Waals surface area contributed by atoms with E-state index in [1.54, 1.807) is 43.3 Å². The summed E-state index contributed by atoms with van der Waals surface area (Å²) >= 11 is 5.99. The van der Waals surface area contributed by atoms with Crippen LogP contribution in [0.3, 0.4) is 0 Å². The molecule has 0 aliphatic carbocycles. The largest absolute Gasteiger partial charge is 0.454 e. The Morgan fingerprint density at radius 3 is 2.75 bits per heavy atom. The van der Waals surface area contributed by atoms with Crippen molar-refractivity contribution in [3.05, 3.63) is 52.7 Å². The summed E-state index contributed by atoms with van der Waals surface area (Å²) in [6.07, 6.45) is -1.03. The molecule has 0 bridgehead atoms. The van der Waals surface area contributed by atoms with E-state index in [9.17, 15) is 9.59 Å². The molecule has 0 saturated heterocycles. The van der Waals surface area contributed by atoms with Crippen LogP contribution in [0, 0.1) is 6.92 Å².